The lowest BCUT2D eigenvalue weighted by molar-refractivity contribution is -0.139. The van der Waals surface area contributed by atoms with E-state index in [0.29, 0.717) is 18.0 Å². The number of hydrogen-bond donors (Lipinski definition) is 1. The Labute approximate surface area is 144 Å². The smallest absolute Gasteiger partial charge is 0.423 e. The van der Waals surface area contributed by atoms with Crippen LogP contribution < -0.4 is 14.8 Å². The molecule has 2 aromatic rings. The predicted molar refractivity (Wildman–Crippen MR) is 88.3 cm³/mol. The van der Waals surface area contributed by atoms with Crippen molar-refractivity contribution in [2.45, 2.75) is 26.9 Å². The average Bonchev–Trinajstić information content (AvgIpc) is 2.54. The molecule has 8 heteroatoms. The van der Waals surface area contributed by atoms with E-state index in [9.17, 15) is 13.2 Å². The molecule has 0 saturated carbocycles. The van der Waals surface area contributed by atoms with Gasteiger partial charge in [0.15, 0.2) is 0 Å². The molecule has 0 aliphatic carbocycles. The number of alkyl halides is 3. The number of rotatable bonds is 7. The van der Waals surface area contributed by atoms with Crippen LogP contribution in [0.15, 0.2) is 30.5 Å². The molecule has 0 saturated heterocycles. The summed E-state index contributed by atoms with van der Waals surface area (Å²) in [5.74, 6) is 0.307. The summed E-state index contributed by atoms with van der Waals surface area (Å²) in [4.78, 5) is 7.60. The standard InChI is InChI=1S/C17H20F3N3O2/c1-4-24-13-7-5-12(6-8-13)22-16-21-9-14(17(18,19)20)15(23-16)25-10-11(2)3/h5-9,11H,4,10H2,1-3H3,(H,21,22,23). The molecular formula is C17H20F3N3O2. The summed E-state index contributed by atoms with van der Waals surface area (Å²) >= 11 is 0. The van der Waals surface area contributed by atoms with Crippen molar-refractivity contribution < 1.29 is 22.6 Å². The first-order valence-corrected chi connectivity index (χ1v) is 7.86. The molecule has 0 atom stereocenters. The van der Waals surface area contributed by atoms with Crippen LogP contribution in [0.4, 0.5) is 24.8 Å². The zero-order chi connectivity index (χ0) is 18.4. The van der Waals surface area contributed by atoms with E-state index in [1.165, 1.54) is 0 Å². The molecule has 0 aliphatic heterocycles. The minimum Gasteiger partial charge on any atom is -0.494 e. The number of anilines is 2. The van der Waals surface area contributed by atoms with Gasteiger partial charge in [0.1, 0.15) is 11.3 Å². The normalized spacial score (nSPS) is 11.5. The van der Waals surface area contributed by atoms with Gasteiger partial charge in [0, 0.05) is 11.9 Å². The maximum atomic E-state index is 13.1. The summed E-state index contributed by atoms with van der Waals surface area (Å²) < 4.78 is 49.7. The molecule has 1 aromatic heterocycles. The van der Waals surface area contributed by atoms with Crippen molar-refractivity contribution in [3.05, 3.63) is 36.0 Å². The van der Waals surface area contributed by atoms with Crippen molar-refractivity contribution in [1.29, 1.82) is 0 Å². The maximum absolute atomic E-state index is 13.1. The molecule has 1 heterocycles. The zero-order valence-corrected chi connectivity index (χ0v) is 14.2. The Balaban J connectivity index is 2.21. The molecule has 0 fully saturated rings. The fourth-order valence-electron chi connectivity index (χ4n) is 1.91. The van der Waals surface area contributed by atoms with Gasteiger partial charge in [0.25, 0.3) is 0 Å². The largest absolute Gasteiger partial charge is 0.494 e. The van der Waals surface area contributed by atoms with E-state index >= 15 is 0 Å². The van der Waals surface area contributed by atoms with Gasteiger partial charge in [-0.15, -0.1) is 0 Å². The number of nitrogens with one attached hydrogen (secondary N) is 1. The minimum atomic E-state index is -4.58. The molecule has 1 aromatic carbocycles. The summed E-state index contributed by atoms with van der Waals surface area (Å²) in [7, 11) is 0. The van der Waals surface area contributed by atoms with Crippen LogP contribution in [0.25, 0.3) is 0 Å². The van der Waals surface area contributed by atoms with Crippen LogP contribution in [-0.2, 0) is 6.18 Å². The second-order valence-electron chi connectivity index (χ2n) is 5.70. The van der Waals surface area contributed by atoms with Gasteiger partial charge in [0.05, 0.1) is 13.2 Å². The molecule has 0 radical (unpaired) electrons. The van der Waals surface area contributed by atoms with Gasteiger partial charge >= 0.3 is 6.18 Å². The van der Waals surface area contributed by atoms with E-state index in [4.69, 9.17) is 9.47 Å². The Morgan fingerprint density at radius 2 is 1.80 bits per heavy atom. The third kappa shape index (κ3) is 5.51. The van der Waals surface area contributed by atoms with Crippen LogP contribution in [0.3, 0.4) is 0 Å². The Hall–Kier alpha value is -2.51. The first-order valence-electron chi connectivity index (χ1n) is 7.86. The molecule has 0 aliphatic rings. The third-order valence-corrected chi connectivity index (χ3v) is 3.03. The molecule has 5 nitrogen and oxygen atoms in total. The molecule has 25 heavy (non-hydrogen) atoms. The highest BCUT2D eigenvalue weighted by Crippen LogP contribution is 2.35. The molecule has 0 bridgehead atoms. The monoisotopic (exact) mass is 355 g/mol. The lowest BCUT2D eigenvalue weighted by Gasteiger charge is -2.15. The Morgan fingerprint density at radius 3 is 2.36 bits per heavy atom. The van der Waals surface area contributed by atoms with E-state index in [1.54, 1.807) is 24.3 Å². The summed E-state index contributed by atoms with van der Waals surface area (Å²) in [6, 6.07) is 6.93. The molecule has 1 N–H and O–H groups in total. The van der Waals surface area contributed by atoms with Gasteiger partial charge < -0.3 is 14.8 Å². The number of aromatic nitrogens is 2. The maximum Gasteiger partial charge on any atom is 0.423 e. The topological polar surface area (TPSA) is 56.3 Å². The number of nitrogens with zero attached hydrogens (tertiary/aromatic N) is 2. The van der Waals surface area contributed by atoms with E-state index in [1.807, 2.05) is 20.8 Å². The van der Waals surface area contributed by atoms with Crippen LogP contribution >= 0.6 is 0 Å². The van der Waals surface area contributed by atoms with E-state index in [-0.39, 0.29) is 18.5 Å². The van der Waals surface area contributed by atoms with Crippen LogP contribution in [0, 0.1) is 5.92 Å². The van der Waals surface area contributed by atoms with E-state index in [0.717, 1.165) is 6.20 Å². The molecule has 0 unspecified atom stereocenters. The van der Waals surface area contributed by atoms with E-state index in [2.05, 4.69) is 15.3 Å². The summed E-state index contributed by atoms with van der Waals surface area (Å²) in [6.07, 6.45) is -3.86. The van der Waals surface area contributed by atoms with Crippen molar-refractivity contribution in [2.75, 3.05) is 18.5 Å². The molecule has 2 rings (SSSR count). The number of halogens is 3. The zero-order valence-electron chi connectivity index (χ0n) is 14.2. The molecule has 0 spiro atoms. The van der Waals surface area contributed by atoms with Gasteiger partial charge in [-0.05, 0) is 37.1 Å². The second-order valence-corrected chi connectivity index (χ2v) is 5.70. The minimum absolute atomic E-state index is 0.0240. The highest BCUT2D eigenvalue weighted by Gasteiger charge is 2.36. The van der Waals surface area contributed by atoms with Crippen molar-refractivity contribution in [3.8, 4) is 11.6 Å². The SMILES string of the molecule is CCOc1ccc(Nc2ncc(C(F)(F)F)c(OCC(C)C)n2)cc1. The highest BCUT2D eigenvalue weighted by molar-refractivity contribution is 5.55. The first kappa shape index (κ1) is 18.8. The van der Waals surface area contributed by atoms with Crippen molar-refractivity contribution in [2.24, 2.45) is 5.92 Å². The molecule has 0 amide bonds. The fraction of sp³-hybridized carbons (Fsp3) is 0.412. The lowest BCUT2D eigenvalue weighted by Crippen LogP contribution is -2.14. The third-order valence-electron chi connectivity index (χ3n) is 3.03. The molecule has 136 valence electrons. The first-order chi connectivity index (χ1) is 11.8. The lowest BCUT2D eigenvalue weighted by atomic mass is 10.2. The predicted octanol–water partition coefficient (Wildman–Crippen LogP) is 4.67. The van der Waals surface area contributed by atoms with Crippen LogP contribution in [-0.4, -0.2) is 23.2 Å². The number of ether oxygens (including phenoxy) is 2. The second kappa shape index (κ2) is 8.04. The Bertz CT molecular complexity index is 689. The van der Waals surface area contributed by atoms with Crippen LogP contribution in [0.1, 0.15) is 26.3 Å². The van der Waals surface area contributed by atoms with Gasteiger partial charge in [-0.1, -0.05) is 13.8 Å². The Kier molecular flexibility index (Phi) is 6.06. The summed E-state index contributed by atoms with van der Waals surface area (Å²) in [6.45, 7) is 6.23. The van der Waals surface area contributed by atoms with Gasteiger partial charge in [0.2, 0.25) is 11.8 Å². The van der Waals surface area contributed by atoms with Gasteiger partial charge in [-0.3, -0.25) is 0 Å². The average molecular weight is 355 g/mol. The highest BCUT2D eigenvalue weighted by atomic mass is 19.4. The van der Waals surface area contributed by atoms with Crippen LogP contribution in [0.2, 0.25) is 0 Å². The van der Waals surface area contributed by atoms with Gasteiger partial charge in [-0.2, -0.15) is 18.2 Å². The summed E-state index contributed by atoms with van der Waals surface area (Å²) in [5.41, 5.74) is -0.372. The van der Waals surface area contributed by atoms with Crippen molar-refractivity contribution in [1.82, 2.24) is 9.97 Å². The van der Waals surface area contributed by atoms with Crippen molar-refractivity contribution >= 4 is 11.6 Å². The Morgan fingerprint density at radius 1 is 1.12 bits per heavy atom. The quantitative estimate of drug-likeness (QED) is 0.782. The van der Waals surface area contributed by atoms with Gasteiger partial charge in [-0.25, -0.2) is 4.98 Å². The fourth-order valence-corrected chi connectivity index (χ4v) is 1.91. The number of benzene rings is 1. The number of hydrogen-bond acceptors (Lipinski definition) is 5. The van der Waals surface area contributed by atoms with Crippen LogP contribution in [0.5, 0.6) is 11.6 Å². The van der Waals surface area contributed by atoms with E-state index < -0.39 is 17.6 Å². The van der Waals surface area contributed by atoms with Crippen molar-refractivity contribution in [3.63, 3.8) is 0 Å². The molecular weight excluding hydrogens is 335 g/mol. The summed E-state index contributed by atoms with van der Waals surface area (Å²) in [5, 5.41) is 2.85.